The first kappa shape index (κ1) is 28.9. The van der Waals surface area contributed by atoms with Gasteiger partial charge in [-0.15, -0.1) is 0 Å². The third kappa shape index (κ3) is 7.92. The Morgan fingerprint density at radius 3 is 2.24 bits per heavy atom. The van der Waals surface area contributed by atoms with Crippen LogP contribution in [0.1, 0.15) is 21.5 Å². The van der Waals surface area contributed by atoms with Crippen molar-refractivity contribution >= 4 is 58.1 Å². The number of aryl methyl sites for hydroxylation is 1. The lowest BCUT2D eigenvalue weighted by Gasteiger charge is -2.17. The van der Waals surface area contributed by atoms with Crippen molar-refractivity contribution in [1.29, 1.82) is 0 Å². The van der Waals surface area contributed by atoms with Gasteiger partial charge in [-0.05, 0) is 72.1 Å². The Morgan fingerprint density at radius 2 is 1.65 bits per heavy atom. The Morgan fingerprint density at radius 1 is 1.00 bits per heavy atom. The summed E-state index contributed by atoms with van der Waals surface area (Å²) in [4.78, 5) is 24.9. The predicted molar refractivity (Wildman–Crippen MR) is 148 cm³/mol. The Labute approximate surface area is 227 Å². The van der Waals surface area contributed by atoms with Gasteiger partial charge < -0.3 is 15.5 Å². The molecular weight excluding hydrogens is 556 g/mol. The summed E-state index contributed by atoms with van der Waals surface area (Å²) in [5.41, 5.74) is 1.23. The van der Waals surface area contributed by atoms with Gasteiger partial charge >= 0.3 is 5.97 Å². The van der Waals surface area contributed by atoms with Crippen LogP contribution in [0, 0.1) is 0 Å². The van der Waals surface area contributed by atoms with Crippen molar-refractivity contribution in [3.8, 4) is 5.75 Å². The number of rotatable bonds is 10. The summed E-state index contributed by atoms with van der Waals surface area (Å²) < 4.78 is 23.6. The number of sulfone groups is 1. The molecule has 0 radical (unpaired) electrons. The number of carboxylic acid groups (broad SMARTS) is 1. The summed E-state index contributed by atoms with van der Waals surface area (Å²) in [5.74, 6) is -1.81. The van der Waals surface area contributed by atoms with Crippen molar-refractivity contribution in [2.45, 2.75) is 23.8 Å². The van der Waals surface area contributed by atoms with Gasteiger partial charge in [-0.3, -0.25) is 4.79 Å². The van der Waals surface area contributed by atoms with Gasteiger partial charge in [-0.25, -0.2) is 13.2 Å². The SMILES string of the molecule is CP(CCc1cc(Cl)c(C(=O)NC(Cc2cccc(S(C)(=O)=O)c2)C(=O)O)c(Cl)c1)c1cccc(O)c1. The summed E-state index contributed by atoms with van der Waals surface area (Å²) in [6, 6.07) is 15.0. The second kappa shape index (κ2) is 12.3. The zero-order valence-corrected chi connectivity index (χ0v) is 23.3. The van der Waals surface area contributed by atoms with Crippen LogP contribution in [0.3, 0.4) is 0 Å². The van der Waals surface area contributed by atoms with Crippen LogP contribution in [-0.2, 0) is 27.5 Å². The number of carboxylic acids is 1. The molecule has 0 aromatic heterocycles. The van der Waals surface area contributed by atoms with Crippen LogP contribution in [-0.4, -0.2) is 55.6 Å². The molecule has 0 aliphatic heterocycles. The van der Waals surface area contributed by atoms with Crippen molar-refractivity contribution in [2.75, 3.05) is 19.1 Å². The number of aliphatic carboxylic acids is 1. The number of halogens is 2. The number of nitrogens with one attached hydrogen (secondary N) is 1. The zero-order chi connectivity index (χ0) is 27.3. The highest BCUT2D eigenvalue weighted by Gasteiger charge is 2.25. The first-order valence-electron chi connectivity index (χ1n) is 11.2. The van der Waals surface area contributed by atoms with Crippen molar-refractivity contribution in [2.24, 2.45) is 0 Å². The lowest BCUT2D eigenvalue weighted by molar-refractivity contribution is -0.139. The fraction of sp³-hybridized carbons (Fsp3) is 0.231. The smallest absolute Gasteiger partial charge is 0.326 e. The minimum atomic E-state index is -3.47. The van der Waals surface area contributed by atoms with Gasteiger partial charge in [-0.1, -0.05) is 55.4 Å². The molecule has 0 bridgehead atoms. The van der Waals surface area contributed by atoms with Crippen molar-refractivity contribution < 1.29 is 28.2 Å². The van der Waals surface area contributed by atoms with Crippen LogP contribution in [0.25, 0.3) is 0 Å². The molecule has 196 valence electrons. The van der Waals surface area contributed by atoms with E-state index < -0.39 is 35.7 Å². The van der Waals surface area contributed by atoms with Gasteiger partial charge in [0.2, 0.25) is 0 Å². The Kier molecular flexibility index (Phi) is 9.59. The number of carbonyl (C=O) groups excluding carboxylic acids is 1. The van der Waals surface area contributed by atoms with E-state index >= 15 is 0 Å². The maximum absolute atomic E-state index is 13.0. The number of benzene rings is 3. The highest BCUT2D eigenvalue weighted by molar-refractivity contribution is 7.90. The fourth-order valence-electron chi connectivity index (χ4n) is 3.71. The van der Waals surface area contributed by atoms with Crippen LogP contribution in [0.4, 0.5) is 0 Å². The first-order chi connectivity index (χ1) is 17.3. The normalized spacial score (nSPS) is 13.1. The van der Waals surface area contributed by atoms with Gasteiger partial charge in [0.05, 0.1) is 20.5 Å². The molecule has 0 saturated carbocycles. The van der Waals surface area contributed by atoms with E-state index in [4.69, 9.17) is 23.2 Å². The standard InChI is InChI=1S/C26H26Cl2NO6PS/c1-36(19-7-4-6-18(30)15-19)10-9-17-12-21(27)24(22(28)13-17)25(31)29-23(26(32)33)14-16-5-3-8-20(11-16)37(2,34)35/h3-8,11-13,15,23,30H,9-10,14H2,1-2H3,(H,29,31)(H,32,33). The van der Waals surface area contributed by atoms with Gasteiger partial charge in [0.1, 0.15) is 11.8 Å². The molecule has 0 aliphatic carbocycles. The molecule has 2 atom stereocenters. The molecule has 7 nitrogen and oxygen atoms in total. The van der Waals surface area contributed by atoms with E-state index in [9.17, 15) is 28.2 Å². The molecule has 1 amide bonds. The summed E-state index contributed by atoms with van der Waals surface area (Å²) in [7, 11) is -4.01. The van der Waals surface area contributed by atoms with Crippen LogP contribution in [0.15, 0.2) is 65.6 Å². The minimum Gasteiger partial charge on any atom is -0.508 e. The van der Waals surface area contributed by atoms with Crippen molar-refractivity contribution in [1.82, 2.24) is 5.32 Å². The maximum Gasteiger partial charge on any atom is 0.326 e. The number of phenolic OH excluding ortho intramolecular Hbond substituents is 1. The number of hydrogen-bond donors (Lipinski definition) is 3. The van der Waals surface area contributed by atoms with Crippen LogP contribution in [0.2, 0.25) is 10.0 Å². The number of carbonyl (C=O) groups is 2. The fourth-order valence-corrected chi connectivity index (χ4v) is 6.65. The average Bonchev–Trinajstić information content (AvgIpc) is 2.81. The average molecular weight is 582 g/mol. The monoisotopic (exact) mass is 581 g/mol. The molecule has 0 spiro atoms. The molecule has 3 N–H and O–H groups in total. The Bertz CT molecular complexity index is 1410. The van der Waals surface area contributed by atoms with E-state index in [2.05, 4.69) is 12.0 Å². The number of aromatic hydroxyl groups is 1. The van der Waals surface area contributed by atoms with Crippen molar-refractivity contribution in [3.63, 3.8) is 0 Å². The lowest BCUT2D eigenvalue weighted by Crippen LogP contribution is -2.42. The van der Waals surface area contributed by atoms with Gasteiger partial charge in [0.15, 0.2) is 9.84 Å². The van der Waals surface area contributed by atoms with E-state index in [0.717, 1.165) is 23.3 Å². The quantitative estimate of drug-likeness (QED) is 0.303. The molecule has 2 unspecified atom stereocenters. The summed E-state index contributed by atoms with van der Waals surface area (Å²) in [6.07, 6.45) is 2.38. The molecule has 37 heavy (non-hydrogen) atoms. The lowest BCUT2D eigenvalue weighted by atomic mass is 10.0. The summed E-state index contributed by atoms with van der Waals surface area (Å²) in [6.45, 7) is 2.10. The van der Waals surface area contributed by atoms with Gasteiger partial charge in [0.25, 0.3) is 5.91 Å². The second-order valence-corrected chi connectivity index (χ2v) is 13.8. The van der Waals surface area contributed by atoms with Gasteiger partial charge in [-0.2, -0.15) is 0 Å². The topological polar surface area (TPSA) is 121 Å². The zero-order valence-electron chi connectivity index (χ0n) is 20.1. The van der Waals surface area contributed by atoms with E-state index in [-0.39, 0.29) is 32.7 Å². The van der Waals surface area contributed by atoms with Crippen LogP contribution in [0.5, 0.6) is 5.75 Å². The third-order valence-corrected chi connectivity index (χ3v) is 9.47. The highest BCUT2D eigenvalue weighted by atomic mass is 35.5. The highest BCUT2D eigenvalue weighted by Crippen LogP contribution is 2.33. The molecular formula is C26H26Cl2NO6PS. The van der Waals surface area contributed by atoms with E-state index in [1.165, 1.54) is 18.2 Å². The van der Waals surface area contributed by atoms with Crippen LogP contribution < -0.4 is 10.6 Å². The van der Waals surface area contributed by atoms with E-state index in [1.54, 1.807) is 36.4 Å². The third-order valence-electron chi connectivity index (χ3n) is 5.71. The molecule has 11 heteroatoms. The maximum atomic E-state index is 13.0. The minimum absolute atomic E-state index is 0.0324. The van der Waals surface area contributed by atoms with Crippen LogP contribution >= 0.6 is 31.1 Å². The second-order valence-electron chi connectivity index (χ2n) is 8.61. The number of amides is 1. The largest absolute Gasteiger partial charge is 0.508 e. The molecule has 3 aromatic carbocycles. The van der Waals surface area contributed by atoms with E-state index in [1.807, 2.05) is 6.07 Å². The molecule has 0 heterocycles. The predicted octanol–water partition coefficient (Wildman–Crippen LogP) is 4.51. The molecule has 0 fully saturated rings. The number of phenols is 1. The molecule has 0 saturated heterocycles. The Hall–Kier alpha value is -2.64. The molecule has 3 aromatic rings. The summed E-state index contributed by atoms with van der Waals surface area (Å²) >= 11 is 12.8. The Balaban J connectivity index is 1.72. The molecule has 0 aliphatic rings. The molecule has 3 rings (SSSR count). The van der Waals surface area contributed by atoms with Crippen molar-refractivity contribution in [3.05, 3.63) is 87.4 Å². The van der Waals surface area contributed by atoms with Gasteiger partial charge in [0, 0.05) is 12.7 Å². The number of hydrogen-bond acceptors (Lipinski definition) is 5. The summed E-state index contributed by atoms with van der Waals surface area (Å²) in [5, 5.41) is 23.1. The van der Waals surface area contributed by atoms with E-state index in [0.29, 0.717) is 12.0 Å². The first-order valence-corrected chi connectivity index (χ1v) is 15.8.